The lowest BCUT2D eigenvalue weighted by Gasteiger charge is -2.09. The molecule has 7 heteroatoms. The monoisotopic (exact) mass is 555 g/mol. The average Bonchev–Trinajstić information content (AvgIpc) is 3.43. The van der Waals surface area contributed by atoms with Crippen LogP contribution in [0.2, 0.25) is 0 Å². The fraction of sp³-hybridized carbons (Fsp3) is 0. The molecule has 0 amide bonds. The minimum absolute atomic E-state index is 0.631. The standard InChI is InChI=1S/C18H12.C12H6N6.C6H7N/c1-2-8-14-13(7-1)15-9-3-4-11-17(15)18-12-6-5-10-16(14)18;1-2-4-8-7(3-1)9-5-6-13-14-10(9)12-11(8)15-17-18-16-12;1-2-4-6-7-5-3-1/h1-12H;1-6H;1-7H. The predicted molar refractivity (Wildman–Crippen MR) is 175 cm³/mol. The second-order valence-corrected chi connectivity index (χ2v) is 9.82. The van der Waals surface area contributed by atoms with Crippen LogP contribution in [-0.2, 0) is 0 Å². The van der Waals surface area contributed by atoms with Gasteiger partial charge in [-0.2, -0.15) is 5.10 Å². The van der Waals surface area contributed by atoms with Gasteiger partial charge in [-0.1, -0.05) is 109 Å². The van der Waals surface area contributed by atoms with Crippen LogP contribution < -0.4 is 5.32 Å². The minimum atomic E-state index is 0.631. The number of hydrogen-bond acceptors (Lipinski definition) is 7. The van der Waals surface area contributed by atoms with Crippen LogP contribution in [0.1, 0.15) is 0 Å². The number of benzene rings is 6. The van der Waals surface area contributed by atoms with Crippen molar-refractivity contribution >= 4 is 65.0 Å². The van der Waals surface area contributed by atoms with Gasteiger partial charge in [0, 0.05) is 23.2 Å². The van der Waals surface area contributed by atoms with Crippen molar-refractivity contribution in [2.45, 2.75) is 0 Å². The third kappa shape index (κ3) is 5.00. The first kappa shape index (κ1) is 25.9. The SMILES string of the molecule is C1=CC=CNC=C1.c1ccc2c(c1)c1ccccc1c1ccccc21.c1ccc2c(c1)c1ccnnc1c1nnnnc21. The number of hydrogen-bond donors (Lipinski definition) is 1. The van der Waals surface area contributed by atoms with Crippen molar-refractivity contribution in [1.82, 2.24) is 36.1 Å². The first-order valence-electron chi connectivity index (χ1n) is 13.9. The normalized spacial score (nSPS) is 12.1. The van der Waals surface area contributed by atoms with Gasteiger partial charge in [0.05, 0.1) is 6.20 Å². The maximum Gasteiger partial charge on any atom is 0.144 e. The Kier molecular flexibility index (Phi) is 7.10. The molecule has 2 aromatic heterocycles. The lowest BCUT2D eigenvalue weighted by molar-refractivity contribution is 0.799. The van der Waals surface area contributed by atoms with Crippen molar-refractivity contribution in [1.29, 1.82) is 0 Å². The van der Waals surface area contributed by atoms with E-state index < -0.39 is 0 Å². The lowest BCUT2D eigenvalue weighted by Crippen LogP contribution is -1.96. The van der Waals surface area contributed by atoms with Gasteiger partial charge in [-0.3, -0.25) is 0 Å². The van der Waals surface area contributed by atoms with Gasteiger partial charge < -0.3 is 5.32 Å². The third-order valence-electron chi connectivity index (χ3n) is 7.34. The Balaban J connectivity index is 0.000000115. The maximum atomic E-state index is 4.14. The highest BCUT2D eigenvalue weighted by molar-refractivity contribution is 6.25. The van der Waals surface area contributed by atoms with Crippen LogP contribution in [0.5, 0.6) is 0 Å². The number of nitrogens with one attached hydrogen (secondary N) is 1. The molecule has 1 aliphatic rings. The van der Waals surface area contributed by atoms with Gasteiger partial charge in [0.2, 0.25) is 0 Å². The van der Waals surface area contributed by atoms with Gasteiger partial charge in [0.25, 0.3) is 0 Å². The predicted octanol–water partition coefficient (Wildman–Crippen LogP) is 7.84. The molecule has 0 atom stereocenters. The molecule has 3 heterocycles. The average molecular weight is 556 g/mol. The Bertz CT molecular complexity index is 1740. The van der Waals surface area contributed by atoms with E-state index in [1.807, 2.05) is 67.0 Å². The molecular weight excluding hydrogens is 530 g/mol. The Labute approximate surface area is 246 Å². The molecule has 0 saturated heterocycles. The van der Waals surface area contributed by atoms with Gasteiger partial charge in [-0.25, -0.2) is 0 Å². The summed E-state index contributed by atoms with van der Waals surface area (Å²) in [6.07, 6.45) is 13.2. The highest BCUT2D eigenvalue weighted by Gasteiger charge is 2.12. The van der Waals surface area contributed by atoms with E-state index in [0.717, 1.165) is 16.2 Å². The summed E-state index contributed by atoms with van der Waals surface area (Å²) in [7, 11) is 0. The quantitative estimate of drug-likeness (QED) is 0.191. The molecule has 0 saturated carbocycles. The van der Waals surface area contributed by atoms with E-state index in [9.17, 15) is 0 Å². The van der Waals surface area contributed by atoms with Crippen LogP contribution in [0.4, 0.5) is 0 Å². The molecule has 43 heavy (non-hydrogen) atoms. The molecule has 0 spiro atoms. The molecule has 0 fully saturated rings. The van der Waals surface area contributed by atoms with E-state index in [-0.39, 0.29) is 0 Å². The van der Waals surface area contributed by atoms with Crippen molar-refractivity contribution in [3.63, 3.8) is 0 Å². The molecule has 6 aromatic carbocycles. The molecule has 7 nitrogen and oxygen atoms in total. The summed E-state index contributed by atoms with van der Waals surface area (Å²) >= 11 is 0. The topological polar surface area (TPSA) is 89.4 Å². The minimum Gasteiger partial charge on any atom is -0.368 e. The van der Waals surface area contributed by atoms with Gasteiger partial charge in [0.1, 0.15) is 16.6 Å². The van der Waals surface area contributed by atoms with Crippen LogP contribution in [0.3, 0.4) is 0 Å². The zero-order valence-corrected chi connectivity index (χ0v) is 23.0. The molecule has 1 N–H and O–H groups in total. The second-order valence-electron chi connectivity index (χ2n) is 9.82. The fourth-order valence-corrected chi connectivity index (χ4v) is 5.48. The fourth-order valence-electron chi connectivity index (χ4n) is 5.48. The molecule has 9 rings (SSSR count). The van der Waals surface area contributed by atoms with E-state index in [2.05, 4.69) is 109 Å². The van der Waals surface area contributed by atoms with Crippen LogP contribution in [-0.4, -0.2) is 30.8 Å². The van der Waals surface area contributed by atoms with Crippen molar-refractivity contribution in [3.05, 3.63) is 146 Å². The maximum absolute atomic E-state index is 4.14. The number of rotatable bonds is 0. The molecule has 0 aliphatic carbocycles. The second kappa shape index (κ2) is 11.8. The van der Waals surface area contributed by atoms with Crippen molar-refractivity contribution < 1.29 is 0 Å². The lowest BCUT2D eigenvalue weighted by atomic mass is 9.95. The summed E-state index contributed by atoms with van der Waals surface area (Å²) in [4.78, 5) is 0. The number of nitrogens with zero attached hydrogens (tertiary/aromatic N) is 6. The largest absolute Gasteiger partial charge is 0.368 e. The van der Waals surface area contributed by atoms with E-state index >= 15 is 0 Å². The van der Waals surface area contributed by atoms with E-state index in [1.54, 1.807) is 6.20 Å². The summed E-state index contributed by atoms with van der Waals surface area (Å²) in [5, 5.41) is 37.4. The first-order valence-corrected chi connectivity index (χ1v) is 13.9. The highest BCUT2D eigenvalue weighted by atomic mass is 15.4. The molecule has 0 radical (unpaired) electrons. The van der Waals surface area contributed by atoms with Crippen molar-refractivity contribution in [2.24, 2.45) is 0 Å². The third-order valence-corrected chi connectivity index (χ3v) is 7.34. The Morgan fingerprint density at radius 3 is 1.21 bits per heavy atom. The van der Waals surface area contributed by atoms with E-state index in [4.69, 9.17) is 0 Å². The van der Waals surface area contributed by atoms with Gasteiger partial charge in [-0.05, 0) is 66.3 Å². The van der Waals surface area contributed by atoms with Gasteiger partial charge in [-0.15, -0.1) is 15.3 Å². The smallest absolute Gasteiger partial charge is 0.144 e. The van der Waals surface area contributed by atoms with Crippen LogP contribution in [0, 0.1) is 0 Å². The number of aromatic nitrogens is 6. The number of fused-ring (bicyclic) bond motifs is 12. The van der Waals surface area contributed by atoms with Gasteiger partial charge >= 0.3 is 0 Å². The molecule has 0 bridgehead atoms. The van der Waals surface area contributed by atoms with Crippen molar-refractivity contribution in [2.75, 3.05) is 0 Å². The Morgan fingerprint density at radius 2 is 0.721 bits per heavy atom. The molecular formula is C36H25N7. The van der Waals surface area contributed by atoms with Crippen molar-refractivity contribution in [3.8, 4) is 0 Å². The number of allylic oxidation sites excluding steroid dienone is 4. The van der Waals surface area contributed by atoms with Gasteiger partial charge in [0.15, 0.2) is 0 Å². The Hall–Kier alpha value is -6.08. The molecule has 0 unspecified atom stereocenters. The van der Waals surface area contributed by atoms with Crippen LogP contribution in [0.25, 0.3) is 65.0 Å². The summed E-state index contributed by atoms with van der Waals surface area (Å²) in [6, 6.07) is 35.9. The Morgan fingerprint density at radius 1 is 0.349 bits per heavy atom. The molecule has 1 aliphatic heterocycles. The zero-order chi connectivity index (χ0) is 28.8. The van der Waals surface area contributed by atoms with Crippen LogP contribution in [0.15, 0.2) is 146 Å². The van der Waals surface area contributed by atoms with E-state index in [0.29, 0.717) is 16.6 Å². The summed E-state index contributed by atoms with van der Waals surface area (Å²) in [5.41, 5.74) is 2.04. The summed E-state index contributed by atoms with van der Waals surface area (Å²) in [5.74, 6) is 0. The first-order chi connectivity index (χ1) is 21.4. The summed E-state index contributed by atoms with van der Waals surface area (Å²) in [6.45, 7) is 0. The molecule has 204 valence electrons. The van der Waals surface area contributed by atoms with Crippen LogP contribution >= 0.6 is 0 Å². The highest BCUT2D eigenvalue weighted by Crippen LogP contribution is 2.34. The summed E-state index contributed by atoms with van der Waals surface area (Å²) < 4.78 is 0. The zero-order valence-electron chi connectivity index (χ0n) is 23.0. The van der Waals surface area contributed by atoms with E-state index in [1.165, 1.54) is 32.3 Å². The molecule has 8 aromatic rings.